The largest absolute Gasteiger partial charge is 0.484 e. The Labute approximate surface area is 119 Å². The lowest BCUT2D eigenvalue weighted by Crippen LogP contribution is -2.20. The van der Waals surface area contributed by atoms with Gasteiger partial charge in [0.1, 0.15) is 17.4 Å². The van der Waals surface area contributed by atoms with Gasteiger partial charge in [0.2, 0.25) is 0 Å². The van der Waals surface area contributed by atoms with Gasteiger partial charge in [-0.3, -0.25) is 4.79 Å². The molecule has 6 heteroatoms. The monoisotopic (exact) mass is 288 g/mol. The van der Waals surface area contributed by atoms with Gasteiger partial charge in [-0.15, -0.1) is 0 Å². The first-order valence-electron chi connectivity index (χ1n) is 5.96. The molecule has 21 heavy (non-hydrogen) atoms. The predicted octanol–water partition coefficient (Wildman–Crippen LogP) is 2.85. The number of ether oxygens (including phenoxy) is 1. The number of hydrogen-bond acceptors (Lipinski definition) is 3. The summed E-state index contributed by atoms with van der Waals surface area (Å²) in [6.07, 6.45) is 0. The molecule has 0 aliphatic heterocycles. The van der Waals surface area contributed by atoms with Gasteiger partial charge in [0, 0.05) is 23.9 Å². The minimum absolute atomic E-state index is 0.0755. The van der Waals surface area contributed by atoms with Crippen LogP contribution in [-0.4, -0.2) is 12.5 Å². The highest BCUT2D eigenvalue weighted by Gasteiger charge is 2.06. The minimum atomic E-state index is -0.785. The van der Waals surface area contributed by atoms with Crippen molar-refractivity contribution in [2.24, 2.45) is 0 Å². The Morgan fingerprint density at radius 1 is 1.19 bits per heavy atom. The molecule has 0 unspecified atom stereocenters. The van der Waals surface area contributed by atoms with Crippen LogP contribution in [0.3, 0.4) is 0 Å². The zero-order valence-corrected chi connectivity index (χ0v) is 10.8. The summed E-state index contributed by atoms with van der Waals surface area (Å²) >= 11 is 0. The third-order valence-electron chi connectivity index (χ3n) is 2.48. The smallest absolute Gasteiger partial charge is 0.262 e. The molecule has 0 fully saturated rings. The summed E-state index contributed by atoms with van der Waals surface area (Å²) in [5.41, 5.74) is 0.842. The third-order valence-corrected chi connectivity index (χ3v) is 2.48. The van der Waals surface area contributed by atoms with Crippen LogP contribution in [0.15, 0.2) is 42.5 Å². The first-order valence-corrected chi connectivity index (χ1v) is 5.96. The van der Waals surface area contributed by atoms with E-state index in [0.29, 0.717) is 17.3 Å². The molecule has 1 N–H and O–H groups in total. The number of benzene rings is 2. The van der Waals surface area contributed by atoms with Crippen LogP contribution in [0.1, 0.15) is 5.56 Å². The normalized spacial score (nSPS) is 9.76. The van der Waals surface area contributed by atoms with Crippen molar-refractivity contribution in [1.29, 1.82) is 5.26 Å². The van der Waals surface area contributed by atoms with Crippen LogP contribution in [0.4, 0.5) is 14.5 Å². The van der Waals surface area contributed by atoms with Gasteiger partial charge in [0.15, 0.2) is 6.61 Å². The van der Waals surface area contributed by atoms with Crippen molar-refractivity contribution in [1.82, 2.24) is 0 Å². The molecular weight excluding hydrogens is 278 g/mol. The van der Waals surface area contributed by atoms with Gasteiger partial charge in [-0.2, -0.15) is 5.26 Å². The Morgan fingerprint density at radius 2 is 1.90 bits per heavy atom. The zero-order valence-electron chi connectivity index (χ0n) is 10.8. The molecule has 0 heterocycles. The van der Waals surface area contributed by atoms with E-state index < -0.39 is 24.1 Å². The number of nitriles is 1. The molecular formula is C15H10F2N2O2. The van der Waals surface area contributed by atoms with Crippen LogP contribution in [0.25, 0.3) is 0 Å². The number of nitrogens with zero attached hydrogens (tertiary/aromatic N) is 1. The number of amides is 1. The van der Waals surface area contributed by atoms with Crippen LogP contribution < -0.4 is 10.1 Å². The van der Waals surface area contributed by atoms with Crippen LogP contribution in [0.5, 0.6) is 5.75 Å². The average molecular weight is 288 g/mol. The highest BCUT2D eigenvalue weighted by molar-refractivity contribution is 5.92. The second-order valence-corrected chi connectivity index (χ2v) is 4.13. The molecule has 4 nitrogen and oxygen atoms in total. The molecule has 2 aromatic carbocycles. The van der Waals surface area contributed by atoms with Crippen molar-refractivity contribution in [2.75, 3.05) is 11.9 Å². The lowest BCUT2D eigenvalue weighted by atomic mass is 10.2. The zero-order chi connectivity index (χ0) is 15.2. The lowest BCUT2D eigenvalue weighted by molar-refractivity contribution is -0.118. The second-order valence-electron chi connectivity index (χ2n) is 4.13. The molecule has 106 valence electrons. The molecule has 0 radical (unpaired) electrons. The molecule has 0 aliphatic rings. The number of carbonyl (C=O) groups excluding carboxylic acids is 1. The summed E-state index contributed by atoms with van der Waals surface area (Å²) in [6, 6.07) is 10.9. The fraction of sp³-hybridized carbons (Fsp3) is 0.0667. The van der Waals surface area contributed by atoms with E-state index >= 15 is 0 Å². The van der Waals surface area contributed by atoms with Gasteiger partial charge in [-0.05, 0) is 18.2 Å². The van der Waals surface area contributed by atoms with Crippen LogP contribution in [0, 0.1) is 23.0 Å². The maximum absolute atomic E-state index is 12.9. The van der Waals surface area contributed by atoms with Gasteiger partial charge in [-0.25, -0.2) is 8.78 Å². The second kappa shape index (κ2) is 6.48. The Bertz CT molecular complexity index is 691. The number of rotatable bonds is 4. The van der Waals surface area contributed by atoms with E-state index in [1.54, 1.807) is 18.2 Å². The van der Waals surface area contributed by atoms with Crippen LogP contribution in [-0.2, 0) is 4.79 Å². The fourth-order valence-electron chi connectivity index (χ4n) is 1.62. The van der Waals surface area contributed by atoms with Crippen LogP contribution >= 0.6 is 0 Å². The summed E-state index contributed by atoms with van der Waals surface area (Å²) in [7, 11) is 0. The Kier molecular flexibility index (Phi) is 4.46. The van der Waals surface area contributed by atoms with Crippen molar-refractivity contribution in [3.63, 3.8) is 0 Å². The third kappa shape index (κ3) is 4.28. The predicted molar refractivity (Wildman–Crippen MR) is 71.6 cm³/mol. The number of hydrogen-bond donors (Lipinski definition) is 1. The van der Waals surface area contributed by atoms with E-state index in [4.69, 9.17) is 10.00 Å². The number of carbonyl (C=O) groups is 1. The van der Waals surface area contributed by atoms with Crippen LogP contribution in [0.2, 0.25) is 0 Å². The first kappa shape index (κ1) is 14.5. The van der Waals surface area contributed by atoms with Gasteiger partial charge in [-0.1, -0.05) is 6.07 Å². The molecule has 0 bridgehead atoms. The maximum Gasteiger partial charge on any atom is 0.262 e. The summed E-state index contributed by atoms with van der Waals surface area (Å²) < 4.78 is 30.9. The maximum atomic E-state index is 12.9. The van der Waals surface area contributed by atoms with Crippen molar-refractivity contribution in [3.8, 4) is 11.8 Å². The molecule has 0 spiro atoms. The molecule has 0 aliphatic carbocycles. The highest BCUT2D eigenvalue weighted by atomic mass is 19.1. The van der Waals surface area contributed by atoms with Crippen molar-refractivity contribution < 1.29 is 18.3 Å². The molecule has 0 saturated carbocycles. The molecule has 0 atom stereocenters. The average Bonchev–Trinajstić information content (AvgIpc) is 2.44. The van der Waals surface area contributed by atoms with Gasteiger partial charge >= 0.3 is 0 Å². The van der Waals surface area contributed by atoms with Gasteiger partial charge < -0.3 is 10.1 Å². The summed E-state index contributed by atoms with van der Waals surface area (Å²) in [5.74, 6) is -2.15. The van der Waals surface area contributed by atoms with E-state index in [1.165, 1.54) is 6.07 Å². The standard InChI is InChI=1S/C15H10F2N2O2/c16-11-5-12(17)7-14(6-11)21-9-15(20)19-13-3-1-2-10(4-13)8-18/h1-7H,9H2,(H,19,20). The Balaban J connectivity index is 1.94. The van der Waals surface area contributed by atoms with Crippen molar-refractivity contribution >= 4 is 11.6 Å². The van der Waals surface area contributed by atoms with E-state index in [2.05, 4.69) is 5.32 Å². The fourth-order valence-corrected chi connectivity index (χ4v) is 1.62. The first-order chi connectivity index (χ1) is 10.1. The number of anilines is 1. The van der Waals surface area contributed by atoms with Gasteiger partial charge in [0.05, 0.1) is 11.6 Å². The molecule has 2 rings (SSSR count). The molecule has 0 saturated heterocycles. The van der Waals surface area contributed by atoms with Crippen molar-refractivity contribution in [3.05, 3.63) is 59.7 Å². The number of nitrogens with one attached hydrogen (secondary N) is 1. The highest BCUT2D eigenvalue weighted by Crippen LogP contribution is 2.15. The summed E-state index contributed by atoms with van der Waals surface area (Å²) in [6.45, 7) is -0.403. The van der Waals surface area contributed by atoms with E-state index in [1.807, 2.05) is 6.07 Å². The Hall–Kier alpha value is -2.94. The molecule has 0 aromatic heterocycles. The summed E-state index contributed by atoms with van der Waals surface area (Å²) in [4.78, 5) is 11.6. The van der Waals surface area contributed by atoms with E-state index in [-0.39, 0.29) is 5.75 Å². The molecule has 2 aromatic rings. The number of halogens is 2. The van der Waals surface area contributed by atoms with Crippen molar-refractivity contribution in [2.45, 2.75) is 0 Å². The lowest BCUT2D eigenvalue weighted by Gasteiger charge is -2.08. The van der Waals surface area contributed by atoms with Gasteiger partial charge in [0.25, 0.3) is 5.91 Å². The van der Waals surface area contributed by atoms with E-state index in [0.717, 1.165) is 12.1 Å². The topological polar surface area (TPSA) is 62.1 Å². The SMILES string of the molecule is N#Cc1cccc(NC(=O)COc2cc(F)cc(F)c2)c1. The minimum Gasteiger partial charge on any atom is -0.484 e. The summed E-state index contributed by atoms with van der Waals surface area (Å²) in [5, 5.41) is 11.3. The Morgan fingerprint density at radius 3 is 2.57 bits per heavy atom. The molecule has 1 amide bonds. The van der Waals surface area contributed by atoms with E-state index in [9.17, 15) is 13.6 Å². The quantitative estimate of drug-likeness (QED) is 0.941.